The van der Waals surface area contributed by atoms with E-state index >= 15 is 0 Å². The predicted molar refractivity (Wildman–Crippen MR) is 135 cm³/mol. The highest BCUT2D eigenvalue weighted by atomic mass is 32.2. The lowest BCUT2D eigenvalue weighted by molar-refractivity contribution is -0.138. The number of nitrogens with zero attached hydrogens (tertiary/aromatic N) is 1. The first-order valence-electron chi connectivity index (χ1n) is 10.7. The van der Waals surface area contributed by atoms with E-state index in [4.69, 9.17) is 9.47 Å². The van der Waals surface area contributed by atoms with Gasteiger partial charge in [-0.2, -0.15) is 0 Å². The lowest BCUT2D eigenvalue weighted by Gasteiger charge is -2.10. The summed E-state index contributed by atoms with van der Waals surface area (Å²) in [6.45, 7) is 3.71. The minimum atomic E-state index is -0.740. The molecule has 1 N–H and O–H groups in total. The van der Waals surface area contributed by atoms with Crippen LogP contribution in [0.1, 0.15) is 28.4 Å². The number of fused-ring (bicyclic) bond motifs is 1. The first-order chi connectivity index (χ1) is 16.4. The van der Waals surface area contributed by atoms with Crippen LogP contribution in [0.4, 0.5) is 0 Å². The predicted octanol–water partition coefficient (Wildman–Crippen LogP) is 5.86. The number of methoxy groups -OCH3 is 1. The van der Waals surface area contributed by atoms with Crippen LogP contribution in [0.25, 0.3) is 16.8 Å². The first-order valence-corrected chi connectivity index (χ1v) is 11.5. The summed E-state index contributed by atoms with van der Waals surface area (Å²) in [4.78, 5) is 30.0. The topological polar surface area (TPSA) is 85.2 Å². The van der Waals surface area contributed by atoms with E-state index in [-0.39, 0.29) is 23.0 Å². The number of hydrogen-bond acceptors (Lipinski definition) is 6. The highest BCUT2D eigenvalue weighted by molar-refractivity contribution is 8.18. The minimum absolute atomic E-state index is 0.0898. The number of ether oxygens (including phenoxy) is 2. The number of benzene rings is 3. The van der Waals surface area contributed by atoms with Crippen molar-refractivity contribution in [1.82, 2.24) is 0 Å². The highest BCUT2D eigenvalue weighted by Gasteiger charge is 2.34. The molecular formula is C27H23NO5S. The molecule has 0 atom stereocenters. The van der Waals surface area contributed by atoms with E-state index in [0.717, 1.165) is 33.7 Å². The number of hydrogen-bond donors (Lipinski definition) is 1. The summed E-state index contributed by atoms with van der Waals surface area (Å²) in [6.07, 6.45) is 1.74. The summed E-state index contributed by atoms with van der Waals surface area (Å²) < 4.78 is 10.7. The van der Waals surface area contributed by atoms with E-state index in [0.29, 0.717) is 16.2 Å². The minimum Gasteiger partial charge on any atom is -0.506 e. The Morgan fingerprint density at radius 1 is 1.06 bits per heavy atom. The van der Waals surface area contributed by atoms with E-state index < -0.39 is 11.9 Å². The van der Waals surface area contributed by atoms with Crippen molar-refractivity contribution in [3.63, 3.8) is 0 Å². The van der Waals surface area contributed by atoms with Gasteiger partial charge in [-0.1, -0.05) is 59.8 Å². The van der Waals surface area contributed by atoms with Crippen molar-refractivity contribution in [2.75, 3.05) is 13.7 Å². The van der Waals surface area contributed by atoms with Gasteiger partial charge in [0, 0.05) is 11.1 Å². The van der Waals surface area contributed by atoms with Crippen molar-refractivity contribution >= 4 is 45.5 Å². The Morgan fingerprint density at radius 3 is 2.50 bits per heavy atom. The number of esters is 1. The van der Waals surface area contributed by atoms with Crippen LogP contribution in [-0.2, 0) is 9.53 Å². The zero-order chi connectivity index (χ0) is 24.2. The van der Waals surface area contributed by atoms with Crippen LogP contribution in [0.3, 0.4) is 0 Å². The molecule has 0 unspecified atom stereocenters. The fraction of sp³-hybridized carbons (Fsp3) is 0.148. The van der Waals surface area contributed by atoms with Crippen LogP contribution in [0, 0.1) is 6.92 Å². The summed E-state index contributed by atoms with van der Waals surface area (Å²) in [5.41, 5.74) is 2.01. The molecule has 0 bridgehead atoms. The van der Waals surface area contributed by atoms with Crippen LogP contribution in [0.15, 0.2) is 81.9 Å². The Hall–Kier alpha value is -3.84. The van der Waals surface area contributed by atoms with Crippen LogP contribution in [-0.4, -0.2) is 35.7 Å². The molecule has 1 amide bonds. The van der Waals surface area contributed by atoms with Gasteiger partial charge < -0.3 is 14.6 Å². The number of aliphatic hydroxyl groups is 1. The Labute approximate surface area is 201 Å². The fourth-order valence-electron chi connectivity index (χ4n) is 3.58. The van der Waals surface area contributed by atoms with Crippen LogP contribution >= 0.6 is 11.8 Å². The number of rotatable bonds is 5. The van der Waals surface area contributed by atoms with Crippen LogP contribution < -0.4 is 4.74 Å². The number of aliphatic hydroxyl groups excluding tert-OH is 1. The molecule has 4 rings (SSSR count). The Kier molecular flexibility index (Phi) is 6.84. The number of amides is 1. The van der Waals surface area contributed by atoms with Gasteiger partial charge in [-0.25, -0.2) is 9.79 Å². The van der Waals surface area contributed by atoms with Gasteiger partial charge >= 0.3 is 5.97 Å². The molecule has 172 valence electrons. The maximum atomic E-state index is 12.8. The van der Waals surface area contributed by atoms with Gasteiger partial charge in [0.2, 0.25) is 0 Å². The van der Waals surface area contributed by atoms with Gasteiger partial charge in [0.1, 0.15) is 22.1 Å². The zero-order valence-corrected chi connectivity index (χ0v) is 19.8. The third-order valence-electron chi connectivity index (χ3n) is 5.30. The monoisotopic (exact) mass is 473 g/mol. The molecule has 7 heteroatoms. The Bertz CT molecular complexity index is 1370. The third kappa shape index (κ3) is 4.61. The third-order valence-corrected chi connectivity index (χ3v) is 6.32. The molecule has 0 spiro atoms. The number of thioether (sulfide) groups is 1. The molecule has 1 aliphatic rings. The standard InChI is InChI=1S/C27H23NO5S/c1-4-33-27(31)23-24(29)22(34-26(23)28-25(30)18-11-9-16(2)10-12-18)15-20-19-8-6-5-7-17(19)13-14-21(20)32-3/h5-15,29H,4H2,1-3H3/b22-15-,28-26?. The molecule has 0 fully saturated rings. The van der Waals surface area contributed by atoms with Gasteiger partial charge in [-0.3, -0.25) is 4.79 Å². The summed E-state index contributed by atoms with van der Waals surface area (Å²) in [6, 6.07) is 18.5. The molecule has 34 heavy (non-hydrogen) atoms. The maximum Gasteiger partial charge on any atom is 0.344 e. The largest absolute Gasteiger partial charge is 0.506 e. The van der Waals surface area contributed by atoms with Gasteiger partial charge in [-0.15, -0.1) is 0 Å². The first kappa shape index (κ1) is 23.3. The van der Waals surface area contributed by atoms with Crippen molar-refractivity contribution in [2.24, 2.45) is 4.99 Å². The molecule has 0 aliphatic carbocycles. The quantitative estimate of drug-likeness (QED) is 0.467. The number of aryl methyl sites for hydroxylation is 1. The maximum absolute atomic E-state index is 12.8. The summed E-state index contributed by atoms with van der Waals surface area (Å²) in [5, 5.41) is 13.0. The van der Waals surface area contributed by atoms with E-state index in [1.54, 1.807) is 32.2 Å². The van der Waals surface area contributed by atoms with E-state index in [1.807, 2.05) is 55.5 Å². The summed E-state index contributed by atoms with van der Waals surface area (Å²) >= 11 is 1.04. The molecule has 1 heterocycles. The SMILES string of the molecule is CCOC(=O)C1=C(O)/C(=C/c2c(OC)ccc3ccccc23)SC1=NC(=O)c1ccc(C)cc1. The Morgan fingerprint density at radius 2 is 1.79 bits per heavy atom. The van der Waals surface area contributed by atoms with Crippen molar-refractivity contribution < 1.29 is 24.2 Å². The van der Waals surface area contributed by atoms with E-state index in [1.165, 1.54) is 0 Å². The number of carbonyl (C=O) groups is 2. The normalized spacial score (nSPS) is 15.9. The molecule has 6 nitrogen and oxygen atoms in total. The lowest BCUT2D eigenvalue weighted by Crippen LogP contribution is -2.14. The number of aliphatic imine (C=N–C) groups is 1. The van der Waals surface area contributed by atoms with Crippen molar-refractivity contribution in [3.05, 3.63) is 93.6 Å². The van der Waals surface area contributed by atoms with E-state index in [2.05, 4.69) is 4.99 Å². The molecule has 0 saturated heterocycles. The summed E-state index contributed by atoms with van der Waals surface area (Å²) in [7, 11) is 1.57. The molecular weight excluding hydrogens is 450 g/mol. The fourth-order valence-corrected chi connectivity index (χ4v) is 4.57. The van der Waals surface area contributed by atoms with Crippen molar-refractivity contribution in [1.29, 1.82) is 0 Å². The molecule has 0 aromatic heterocycles. The van der Waals surface area contributed by atoms with Crippen molar-refractivity contribution in [3.8, 4) is 5.75 Å². The average molecular weight is 474 g/mol. The van der Waals surface area contributed by atoms with E-state index in [9.17, 15) is 14.7 Å². The van der Waals surface area contributed by atoms with Gasteiger partial charge in [-0.05, 0) is 48.9 Å². The van der Waals surface area contributed by atoms with Gasteiger partial charge in [0.05, 0.1) is 18.6 Å². The van der Waals surface area contributed by atoms with Crippen LogP contribution in [0.5, 0.6) is 5.75 Å². The number of carbonyl (C=O) groups excluding carboxylic acids is 2. The second-order valence-electron chi connectivity index (χ2n) is 7.55. The molecule has 3 aromatic carbocycles. The molecule has 0 saturated carbocycles. The molecule has 0 radical (unpaired) electrons. The van der Waals surface area contributed by atoms with Crippen molar-refractivity contribution in [2.45, 2.75) is 13.8 Å². The van der Waals surface area contributed by atoms with Gasteiger partial charge in [0.15, 0.2) is 0 Å². The second kappa shape index (κ2) is 9.97. The molecule has 1 aliphatic heterocycles. The summed E-state index contributed by atoms with van der Waals surface area (Å²) in [5.74, 6) is -0.926. The average Bonchev–Trinajstić information content (AvgIpc) is 3.14. The van der Waals surface area contributed by atoms with Gasteiger partial charge in [0.25, 0.3) is 5.91 Å². The highest BCUT2D eigenvalue weighted by Crippen LogP contribution is 2.41. The van der Waals surface area contributed by atoms with Crippen LogP contribution in [0.2, 0.25) is 0 Å². The lowest BCUT2D eigenvalue weighted by atomic mass is 10.0. The zero-order valence-electron chi connectivity index (χ0n) is 19.0. The Balaban J connectivity index is 1.82. The molecule has 3 aromatic rings. The smallest absolute Gasteiger partial charge is 0.344 e. The second-order valence-corrected chi connectivity index (χ2v) is 8.58.